The average Bonchev–Trinajstić information content (AvgIpc) is 2.91. The number of rotatable bonds is 6. The maximum atomic E-state index is 12.0. The Morgan fingerprint density at radius 1 is 1.25 bits per heavy atom. The van der Waals surface area contributed by atoms with Gasteiger partial charge in [-0.25, -0.2) is 0 Å². The van der Waals surface area contributed by atoms with E-state index in [2.05, 4.69) is 15.4 Å². The van der Waals surface area contributed by atoms with Crippen LogP contribution in [0.25, 0.3) is 0 Å². The summed E-state index contributed by atoms with van der Waals surface area (Å²) in [4.78, 5) is 11.7. The van der Waals surface area contributed by atoms with Crippen molar-refractivity contribution in [1.82, 2.24) is 5.32 Å². The first-order chi connectivity index (χ1) is 9.63. The number of hydrogen-bond donors (Lipinski definition) is 2. The lowest BCUT2D eigenvalue weighted by molar-refractivity contribution is -0.115. The number of amides is 1. The Morgan fingerprint density at radius 2 is 1.90 bits per heavy atom. The van der Waals surface area contributed by atoms with Crippen LogP contribution in [0.4, 0.5) is 14.5 Å². The standard InChI is InChI=1S/C14H18F2N2O2/c15-14(16)20-12-7-5-11(6-8-12)18-13(19)9-17-10-3-1-2-4-10/h5-8,10,14,17H,1-4,9H2,(H,18,19). The molecular formula is C14H18F2N2O2. The summed E-state index contributed by atoms with van der Waals surface area (Å²) < 4.78 is 28.2. The maximum absolute atomic E-state index is 12.0. The average molecular weight is 284 g/mol. The van der Waals surface area contributed by atoms with Crippen molar-refractivity contribution in [2.24, 2.45) is 0 Å². The zero-order chi connectivity index (χ0) is 14.4. The predicted molar refractivity (Wildman–Crippen MR) is 72.0 cm³/mol. The van der Waals surface area contributed by atoms with Gasteiger partial charge >= 0.3 is 6.61 Å². The first kappa shape index (κ1) is 14.7. The highest BCUT2D eigenvalue weighted by Crippen LogP contribution is 2.18. The molecule has 0 heterocycles. The van der Waals surface area contributed by atoms with Gasteiger partial charge in [0.15, 0.2) is 0 Å². The lowest BCUT2D eigenvalue weighted by Gasteiger charge is -2.12. The van der Waals surface area contributed by atoms with E-state index in [0.29, 0.717) is 11.7 Å². The third kappa shape index (κ3) is 4.77. The number of nitrogens with one attached hydrogen (secondary N) is 2. The van der Waals surface area contributed by atoms with Crippen molar-refractivity contribution in [3.8, 4) is 5.75 Å². The minimum atomic E-state index is -2.84. The van der Waals surface area contributed by atoms with E-state index >= 15 is 0 Å². The number of benzene rings is 1. The van der Waals surface area contributed by atoms with Gasteiger partial charge in [-0.15, -0.1) is 0 Å². The lowest BCUT2D eigenvalue weighted by Crippen LogP contribution is -2.34. The van der Waals surface area contributed by atoms with Crippen LogP contribution in [0.2, 0.25) is 0 Å². The SMILES string of the molecule is O=C(CNC1CCCC1)Nc1ccc(OC(F)F)cc1. The smallest absolute Gasteiger partial charge is 0.387 e. The number of halogens is 2. The van der Waals surface area contributed by atoms with Crippen molar-refractivity contribution in [2.75, 3.05) is 11.9 Å². The van der Waals surface area contributed by atoms with Crippen LogP contribution < -0.4 is 15.4 Å². The molecule has 0 aromatic heterocycles. The van der Waals surface area contributed by atoms with E-state index in [1.807, 2.05) is 0 Å². The Bertz CT molecular complexity index is 431. The molecule has 2 rings (SSSR count). The Hall–Kier alpha value is -1.69. The molecule has 1 aromatic rings. The molecule has 0 atom stereocenters. The molecule has 6 heteroatoms. The number of anilines is 1. The summed E-state index contributed by atoms with van der Waals surface area (Å²) in [6.45, 7) is -2.58. The first-order valence-electron chi connectivity index (χ1n) is 6.71. The largest absolute Gasteiger partial charge is 0.435 e. The van der Waals surface area contributed by atoms with Crippen LogP contribution in [0, 0.1) is 0 Å². The normalized spacial score (nSPS) is 15.6. The summed E-state index contributed by atoms with van der Waals surface area (Å²) in [5.74, 6) is -0.0680. The fourth-order valence-corrected chi connectivity index (χ4v) is 2.29. The predicted octanol–water partition coefficient (Wildman–Crippen LogP) is 2.76. The highest BCUT2D eigenvalue weighted by molar-refractivity contribution is 5.92. The molecule has 0 spiro atoms. The van der Waals surface area contributed by atoms with E-state index in [1.165, 1.54) is 37.1 Å². The molecule has 0 unspecified atom stereocenters. The van der Waals surface area contributed by atoms with Gasteiger partial charge in [0, 0.05) is 11.7 Å². The Labute approximate surface area is 116 Å². The molecule has 1 saturated carbocycles. The van der Waals surface area contributed by atoms with E-state index in [9.17, 15) is 13.6 Å². The van der Waals surface area contributed by atoms with Gasteiger partial charge in [0.1, 0.15) is 5.75 Å². The molecular weight excluding hydrogens is 266 g/mol. The van der Waals surface area contributed by atoms with Crippen LogP contribution in [-0.2, 0) is 4.79 Å². The van der Waals surface area contributed by atoms with Crippen LogP contribution in [0.1, 0.15) is 25.7 Å². The maximum Gasteiger partial charge on any atom is 0.387 e. The number of carbonyl (C=O) groups is 1. The second kappa shape index (κ2) is 7.19. The third-order valence-electron chi connectivity index (χ3n) is 3.27. The van der Waals surface area contributed by atoms with Crippen LogP contribution in [0.3, 0.4) is 0 Å². The molecule has 2 N–H and O–H groups in total. The third-order valence-corrected chi connectivity index (χ3v) is 3.27. The van der Waals surface area contributed by atoms with Crippen molar-refractivity contribution in [1.29, 1.82) is 0 Å². The molecule has 1 aliphatic rings. The molecule has 4 nitrogen and oxygen atoms in total. The second-order valence-corrected chi connectivity index (χ2v) is 4.81. The van der Waals surface area contributed by atoms with E-state index < -0.39 is 6.61 Å². The minimum Gasteiger partial charge on any atom is -0.435 e. The zero-order valence-corrected chi connectivity index (χ0v) is 11.1. The van der Waals surface area contributed by atoms with Crippen LogP contribution >= 0.6 is 0 Å². The van der Waals surface area contributed by atoms with E-state index in [0.717, 1.165) is 12.8 Å². The van der Waals surface area contributed by atoms with E-state index in [1.54, 1.807) is 0 Å². The number of hydrogen-bond acceptors (Lipinski definition) is 3. The number of carbonyl (C=O) groups excluding carboxylic acids is 1. The van der Waals surface area contributed by atoms with Gasteiger partial charge in [-0.2, -0.15) is 8.78 Å². The van der Waals surface area contributed by atoms with Gasteiger partial charge in [0.2, 0.25) is 5.91 Å². The summed E-state index contributed by atoms with van der Waals surface area (Å²) in [5, 5.41) is 5.91. The molecule has 1 amide bonds. The van der Waals surface area contributed by atoms with Gasteiger partial charge in [-0.05, 0) is 37.1 Å². The molecule has 1 aliphatic carbocycles. The molecule has 0 saturated heterocycles. The molecule has 20 heavy (non-hydrogen) atoms. The van der Waals surface area contributed by atoms with Gasteiger partial charge in [0.05, 0.1) is 6.54 Å². The van der Waals surface area contributed by atoms with Crippen molar-refractivity contribution in [3.63, 3.8) is 0 Å². The highest BCUT2D eigenvalue weighted by Gasteiger charge is 2.15. The first-order valence-corrected chi connectivity index (χ1v) is 6.71. The fourth-order valence-electron chi connectivity index (χ4n) is 2.29. The van der Waals surface area contributed by atoms with Crippen molar-refractivity contribution in [2.45, 2.75) is 38.3 Å². The highest BCUT2D eigenvalue weighted by atomic mass is 19.3. The van der Waals surface area contributed by atoms with E-state index in [4.69, 9.17) is 0 Å². The molecule has 0 radical (unpaired) electrons. The van der Waals surface area contributed by atoms with Gasteiger partial charge in [-0.1, -0.05) is 12.8 Å². The minimum absolute atomic E-state index is 0.0714. The summed E-state index contributed by atoms with van der Waals surface area (Å²) in [7, 11) is 0. The van der Waals surface area contributed by atoms with Crippen LogP contribution in [0.15, 0.2) is 24.3 Å². The summed E-state index contributed by atoms with van der Waals surface area (Å²) in [6, 6.07) is 6.29. The Morgan fingerprint density at radius 3 is 2.50 bits per heavy atom. The van der Waals surface area contributed by atoms with Crippen molar-refractivity contribution in [3.05, 3.63) is 24.3 Å². The van der Waals surface area contributed by atoms with Gasteiger partial charge < -0.3 is 15.4 Å². The Kier molecular flexibility index (Phi) is 5.29. The lowest BCUT2D eigenvalue weighted by atomic mass is 10.2. The topological polar surface area (TPSA) is 50.4 Å². The molecule has 1 aromatic carbocycles. The Balaban J connectivity index is 1.75. The van der Waals surface area contributed by atoms with Crippen molar-refractivity contribution >= 4 is 11.6 Å². The summed E-state index contributed by atoms with van der Waals surface area (Å²) >= 11 is 0. The summed E-state index contributed by atoms with van der Waals surface area (Å²) in [6.07, 6.45) is 4.66. The van der Waals surface area contributed by atoms with Gasteiger partial charge in [0.25, 0.3) is 0 Å². The van der Waals surface area contributed by atoms with E-state index in [-0.39, 0.29) is 18.2 Å². The molecule has 110 valence electrons. The van der Waals surface area contributed by atoms with Crippen LogP contribution in [0.5, 0.6) is 5.75 Å². The quantitative estimate of drug-likeness (QED) is 0.844. The zero-order valence-electron chi connectivity index (χ0n) is 11.1. The molecule has 0 aliphatic heterocycles. The molecule has 1 fully saturated rings. The van der Waals surface area contributed by atoms with Crippen molar-refractivity contribution < 1.29 is 18.3 Å². The van der Waals surface area contributed by atoms with Gasteiger partial charge in [-0.3, -0.25) is 4.79 Å². The summed E-state index contributed by atoms with van der Waals surface area (Å²) in [5.41, 5.74) is 0.560. The van der Waals surface area contributed by atoms with Crippen LogP contribution in [-0.4, -0.2) is 25.1 Å². The monoisotopic (exact) mass is 284 g/mol. The fraction of sp³-hybridized carbons (Fsp3) is 0.500. The number of alkyl halides is 2. The second-order valence-electron chi connectivity index (χ2n) is 4.81. The molecule has 0 bridgehead atoms. The number of ether oxygens (including phenoxy) is 1.